The van der Waals surface area contributed by atoms with E-state index in [9.17, 15) is 9.59 Å². The monoisotopic (exact) mass is 324 g/mol. The predicted molar refractivity (Wildman–Crippen MR) is 85.6 cm³/mol. The fourth-order valence-corrected chi connectivity index (χ4v) is 2.29. The van der Waals surface area contributed by atoms with E-state index in [2.05, 4.69) is 9.97 Å². The van der Waals surface area contributed by atoms with Crippen molar-refractivity contribution in [2.45, 2.75) is 33.0 Å². The number of amides is 1. The van der Waals surface area contributed by atoms with Crippen LogP contribution < -0.4 is 10.5 Å². The SMILES string of the molecule is COCc1cc(=O)[nH]c(N2CCN(C(=O)OC(C)(C)C)CC2)n1. The second-order valence-electron chi connectivity index (χ2n) is 6.45. The number of rotatable bonds is 3. The molecular weight excluding hydrogens is 300 g/mol. The zero-order chi connectivity index (χ0) is 17.0. The fourth-order valence-electron chi connectivity index (χ4n) is 2.29. The number of H-pyrrole nitrogens is 1. The molecule has 1 aromatic heterocycles. The van der Waals surface area contributed by atoms with Crippen LogP contribution >= 0.6 is 0 Å². The molecule has 1 amide bonds. The highest BCUT2D eigenvalue weighted by atomic mass is 16.6. The molecule has 0 unspecified atom stereocenters. The smallest absolute Gasteiger partial charge is 0.410 e. The van der Waals surface area contributed by atoms with Crippen LogP contribution in [-0.4, -0.2) is 59.9 Å². The first-order valence-corrected chi connectivity index (χ1v) is 7.60. The third kappa shape index (κ3) is 4.95. The van der Waals surface area contributed by atoms with Gasteiger partial charge in [0, 0.05) is 39.4 Å². The molecule has 0 atom stereocenters. The number of anilines is 1. The van der Waals surface area contributed by atoms with Gasteiger partial charge in [0.2, 0.25) is 5.95 Å². The third-order valence-corrected chi connectivity index (χ3v) is 3.31. The molecule has 0 bridgehead atoms. The largest absolute Gasteiger partial charge is 0.444 e. The van der Waals surface area contributed by atoms with Gasteiger partial charge in [-0.15, -0.1) is 0 Å². The molecule has 0 saturated carbocycles. The highest BCUT2D eigenvalue weighted by Gasteiger charge is 2.26. The van der Waals surface area contributed by atoms with Crippen LogP contribution in [0.15, 0.2) is 10.9 Å². The average molecular weight is 324 g/mol. The van der Waals surface area contributed by atoms with E-state index in [4.69, 9.17) is 9.47 Å². The Morgan fingerprint density at radius 2 is 1.96 bits per heavy atom. The van der Waals surface area contributed by atoms with Crippen molar-refractivity contribution in [3.63, 3.8) is 0 Å². The van der Waals surface area contributed by atoms with Crippen molar-refractivity contribution in [1.82, 2.24) is 14.9 Å². The summed E-state index contributed by atoms with van der Waals surface area (Å²) in [5, 5.41) is 0. The van der Waals surface area contributed by atoms with Crippen molar-refractivity contribution in [3.05, 3.63) is 22.1 Å². The maximum atomic E-state index is 12.0. The summed E-state index contributed by atoms with van der Waals surface area (Å²) in [6.07, 6.45) is -0.313. The summed E-state index contributed by atoms with van der Waals surface area (Å²) in [6, 6.07) is 1.42. The first kappa shape index (κ1) is 17.3. The summed E-state index contributed by atoms with van der Waals surface area (Å²) >= 11 is 0. The van der Waals surface area contributed by atoms with E-state index in [-0.39, 0.29) is 18.3 Å². The topological polar surface area (TPSA) is 87.8 Å². The van der Waals surface area contributed by atoms with Gasteiger partial charge in [-0.2, -0.15) is 0 Å². The Labute approximate surface area is 135 Å². The lowest BCUT2D eigenvalue weighted by atomic mass is 10.2. The molecule has 1 N–H and O–H groups in total. The van der Waals surface area contributed by atoms with E-state index in [0.717, 1.165) is 0 Å². The Kier molecular flexibility index (Phi) is 5.25. The maximum absolute atomic E-state index is 12.0. The van der Waals surface area contributed by atoms with Gasteiger partial charge < -0.3 is 19.3 Å². The molecule has 1 saturated heterocycles. The zero-order valence-electron chi connectivity index (χ0n) is 14.1. The molecule has 1 aromatic rings. The van der Waals surface area contributed by atoms with Crippen LogP contribution in [0, 0.1) is 0 Å². The van der Waals surface area contributed by atoms with Gasteiger partial charge in [-0.25, -0.2) is 9.78 Å². The zero-order valence-corrected chi connectivity index (χ0v) is 14.1. The van der Waals surface area contributed by atoms with Crippen LogP contribution in [0.4, 0.5) is 10.7 Å². The number of hydrogen-bond acceptors (Lipinski definition) is 6. The van der Waals surface area contributed by atoms with Crippen molar-refractivity contribution in [2.75, 3.05) is 38.2 Å². The van der Waals surface area contributed by atoms with Crippen LogP contribution in [0.3, 0.4) is 0 Å². The number of carbonyl (C=O) groups excluding carboxylic acids is 1. The van der Waals surface area contributed by atoms with Crippen LogP contribution in [0.25, 0.3) is 0 Å². The van der Waals surface area contributed by atoms with Gasteiger partial charge in [0.25, 0.3) is 5.56 Å². The van der Waals surface area contributed by atoms with Crippen molar-refractivity contribution in [3.8, 4) is 0 Å². The van der Waals surface area contributed by atoms with Crippen molar-refractivity contribution >= 4 is 12.0 Å². The van der Waals surface area contributed by atoms with Gasteiger partial charge in [-0.05, 0) is 20.8 Å². The van der Waals surface area contributed by atoms with E-state index in [1.165, 1.54) is 6.07 Å². The number of aromatic nitrogens is 2. The summed E-state index contributed by atoms with van der Waals surface area (Å²) in [7, 11) is 1.56. The Bertz CT molecular complexity index is 600. The Morgan fingerprint density at radius 1 is 1.30 bits per heavy atom. The third-order valence-electron chi connectivity index (χ3n) is 3.31. The molecule has 8 nitrogen and oxygen atoms in total. The number of nitrogens with one attached hydrogen (secondary N) is 1. The molecule has 23 heavy (non-hydrogen) atoms. The minimum Gasteiger partial charge on any atom is -0.444 e. The van der Waals surface area contributed by atoms with Crippen LogP contribution in [0.5, 0.6) is 0 Å². The van der Waals surface area contributed by atoms with E-state index < -0.39 is 5.60 Å². The summed E-state index contributed by atoms with van der Waals surface area (Å²) in [5.41, 5.74) is -0.132. The van der Waals surface area contributed by atoms with E-state index in [0.29, 0.717) is 37.8 Å². The van der Waals surface area contributed by atoms with Gasteiger partial charge in [0.1, 0.15) is 5.60 Å². The van der Waals surface area contributed by atoms with Gasteiger partial charge in [0.15, 0.2) is 0 Å². The minimum absolute atomic E-state index is 0.211. The second kappa shape index (κ2) is 6.99. The van der Waals surface area contributed by atoms with Gasteiger partial charge in [-0.3, -0.25) is 9.78 Å². The summed E-state index contributed by atoms with van der Waals surface area (Å²) in [6.45, 7) is 8.03. The molecular formula is C15H24N4O4. The molecule has 2 rings (SSSR count). The van der Waals surface area contributed by atoms with Crippen LogP contribution in [0.2, 0.25) is 0 Å². The number of methoxy groups -OCH3 is 1. The maximum Gasteiger partial charge on any atom is 0.410 e. The molecule has 0 aromatic carbocycles. The first-order valence-electron chi connectivity index (χ1n) is 7.60. The van der Waals surface area contributed by atoms with Crippen molar-refractivity contribution in [2.24, 2.45) is 0 Å². The lowest BCUT2D eigenvalue weighted by molar-refractivity contribution is 0.0240. The Balaban J connectivity index is 1.99. The van der Waals surface area contributed by atoms with Crippen molar-refractivity contribution < 1.29 is 14.3 Å². The standard InChI is InChI=1S/C15H24N4O4/c1-15(2,3)23-14(21)19-7-5-18(6-8-19)13-16-11(10-22-4)9-12(20)17-13/h9H,5-8,10H2,1-4H3,(H,16,17,20). The molecule has 0 radical (unpaired) electrons. The van der Waals surface area contributed by atoms with Gasteiger partial charge in [-0.1, -0.05) is 0 Å². The summed E-state index contributed by atoms with van der Waals surface area (Å²) in [4.78, 5) is 34.5. The number of aromatic amines is 1. The molecule has 8 heteroatoms. The average Bonchev–Trinajstić information content (AvgIpc) is 2.45. The number of ether oxygens (including phenoxy) is 2. The fraction of sp³-hybridized carbons (Fsp3) is 0.667. The molecule has 0 spiro atoms. The number of nitrogens with zero attached hydrogens (tertiary/aromatic N) is 3. The Hall–Kier alpha value is -2.09. The summed E-state index contributed by atoms with van der Waals surface area (Å²) in [5.74, 6) is 0.508. The van der Waals surface area contributed by atoms with E-state index in [1.807, 2.05) is 25.7 Å². The quantitative estimate of drug-likeness (QED) is 0.891. The predicted octanol–water partition coefficient (Wildman–Crippen LogP) is 0.973. The first-order chi connectivity index (χ1) is 10.8. The lowest BCUT2D eigenvalue weighted by Crippen LogP contribution is -2.50. The molecule has 2 heterocycles. The molecule has 0 aliphatic carbocycles. The van der Waals surface area contributed by atoms with E-state index in [1.54, 1.807) is 12.0 Å². The molecule has 1 fully saturated rings. The number of hydrogen-bond donors (Lipinski definition) is 1. The lowest BCUT2D eigenvalue weighted by Gasteiger charge is -2.35. The number of carbonyl (C=O) groups is 1. The van der Waals surface area contributed by atoms with Crippen LogP contribution in [0.1, 0.15) is 26.5 Å². The molecule has 1 aliphatic rings. The Morgan fingerprint density at radius 3 is 2.52 bits per heavy atom. The molecule has 128 valence electrons. The van der Waals surface area contributed by atoms with Crippen molar-refractivity contribution in [1.29, 1.82) is 0 Å². The minimum atomic E-state index is -0.504. The number of piperazine rings is 1. The highest BCUT2D eigenvalue weighted by molar-refractivity contribution is 5.68. The highest BCUT2D eigenvalue weighted by Crippen LogP contribution is 2.14. The summed E-state index contributed by atoms with van der Waals surface area (Å²) < 4.78 is 10.4. The van der Waals surface area contributed by atoms with Gasteiger partial charge in [0.05, 0.1) is 12.3 Å². The van der Waals surface area contributed by atoms with E-state index >= 15 is 0 Å². The normalized spacial score (nSPS) is 15.7. The second-order valence-corrected chi connectivity index (χ2v) is 6.45. The van der Waals surface area contributed by atoms with Gasteiger partial charge >= 0.3 is 6.09 Å². The van der Waals surface area contributed by atoms with Crippen LogP contribution in [-0.2, 0) is 16.1 Å². The molecule has 1 aliphatic heterocycles.